The van der Waals surface area contributed by atoms with Crippen LogP contribution in [0.5, 0.6) is 0 Å². The molecule has 4 heterocycles. The second kappa shape index (κ2) is 36.7. The Morgan fingerprint density at radius 1 is 0.728 bits per heavy atom. The number of methoxy groups -OCH3 is 3. The molecule has 1 aliphatic heterocycles. The van der Waals surface area contributed by atoms with Crippen molar-refractivity contribution in [3.8, 4) is 0 Å². The molecular formula is C56H78N18O18. The number of fused-ring (bicyclic) bond motifs is 1. The number of carboxylic acid groups (broad SMARTS) is 3. The molecule has 0 radical (unpaired) electrons. The van der Waals surface area contributed by atoms with Gasteiger partial charge in [-0.05, 0) is 50.5 Å². The second-order valence-corrected chi connectivity index (χ2v) is 21.4. The second-order valence-electron chi connectivity index (χ2n) is 21.4. The van der Waals surface area contributed by atoms with Gasteiger partial charge in [-0.3, -0.25) is 72.4 Å². The molecule has 1 aromatic carbocycles. The van der Waals surface area contributed by atoms with E-state index in [1.54, 1.807) is 46.8 Å². The zero-order chi connectivity index (χ0) is 67.4. The summed E-state index contributed by atoms with van der Waals surface area (Å²) in [6.07, 6.45) is 4.20. The van der Waals surface area contributed by atoms with Crippen LogP contribution in [-0.2, 0) is 81.7 Å². The highest BCUT2D eigenvalue weighted by Gasteiger charge is 2.31. The summed E-state index contributed by atoms with van der Waals surface area (Å²) in [6, 6.07) is 0.564. The molecule has 36 heteroatoms. The molecule has 5 rings (SSSR count). The van der Waals surface area contributed by atoms with Gasteiger partial charge in [0.05, 0.1) is 83.9 Å². The number of rotatable bonds is 33. The zero-order valence-electron chi connectivity index (χ0n) is 51.8. The first-order valence-corrected chi connectivity index (χ1v) is 29.0. The Balaban J connectivity index is 1.09. The van der Waals surface area contributed by atoms with E-state index >= 15 is 0 Å². The van der Waals surface area contributed by atoms with Gasteiger partial charge in [0.15, 0.2) is 11.2 Å². The molecule has 500 valence electrons. The van der Waals surface area contributed by atoms with E-state index in [9.17, 15) is 72.9 Å². The van der Waals surface area contributed by atoms with Crippen molar-refractivity contribution in [3.63, 3.8) is 0 Å². The quantitative estimate of drug-likeness (QED) is 0.00572. The maximum absolute atomic E-state index is 13.5. The van der Waals surface area contributed by atoms with E-state index in [0.29, 0.717) is 37.2 Å². The van der Waals surface area contributed by atoms with Gasteiger partial charge in [0, 0.05) is 110 Å². The number of H-pyrrole nitrogens is 1. The summed E-state index contributed by atoms with van der Waals surface area (Å²) in [5, 5.41) is 47.1. The van der Waals surface area contributed by atoms with Crippen LogP contribution in [0.3, 0.4) is 0 Å². The minimum Gasteiger partial charge on any atom is -0.480 e. The van der Waals surface area contributed by atoms with E-state index in [0.717, 1.165) is 21.3 Å². The lowest BCUT2D eigenvalue weighted by molar-refractivity contribution is -0.147. The molecular weight excluding hydrogens is 1210 g/mol. The molecule has 1 fully saturated rings. The highest BCUT2D eigenvalue weighted by Crippen LogP contribution is 2.18. The predicted octanol–water partition coefficient (Wildman–Crippen LogP) is -3.55. The summed E-state index contributed by atoms with van der Waals surface area (Å²) >= 11 is 0. The monoisotopic (exact) mass is 1290 g/mol. The van der Waals surface area contributed by atoms with Crippen LogP contribution >= 0.6 is 0 Å². The molecule has 0 bridgehead atoms. The van der Waals surface area contributed by atoms with Crippen LogP contribution in [0.1, 0.15) is 60.8 Å². The fourth-order valence-electron chi connectivity index (χ4n) is 9.37. The van der Waals surface area contributed by atoms with Gasteiger partial charge in [-0.2, -0.15) is 4.98 Å². The number of esters is 3. The van der Waals surface area contributed by atoms with Crippen molar-refractivity contribution in [2.45, 2.75) is 82.7 Å². The SMILES string of the molecule is COC(=O)C(CCC(=O)NC(Cc1cn(CCCCNC(=O)C(C)N2CCN(CC(=O)O)CCN(CC(=O)O)CCN(CC(=O)O)CC2)nn1)C(=O)OC)NC(=O)CC(NC(=O)c1ccc(N(C=O)Cc2cnc3nc(/N=C/N(C)C)[nH]c(=O)c3n2)cc1)C(=O)OC. The molecule has 0 saturated carbocycles. The van der Waals surface area contributed by atoms with Crippen molar-refractivity contribution >= 4 is 95.0 Å². The number of anilines is 1. The number of nitrogens with one attached hydrogen (secondary N) is 5. The molecule has 1 aliphatic rings. The summed E-state index contributed by atoms with van der Waals surface area (Å²) in [6.45, 7) is 3.24. The van der Waals surface area contributed by atoms with Crippen LogP contribution in [0.25, 0.3) is 11.2 Å². The van der Waals surface area contributed by atoms with Crippen LogP contribution in [0, 0.1) is 0 Å². The maximum Gasteiger partial charge on any atom is 0.328 e. The number of carboxylic acids is 3. The number of aryl methyl sites for hydroxylation is 1. The van der Waals surface area contributed by atoms with Crippen molar-refractivity contribution < 1.29 is 82.3 Å². The molecule has 5 amide bonds. The summed E-state index contributed by atoms with van der Waals surface area (Å²) in [5.74, 6) is -8.78. The summed E-state index contributed by atoms with van der Waals surface area (Å²) in [7, 11) is 6.67. The van der Waals surface area contributed by atoms with E-state index in [2.05, 4.69) is 56.5 Å². The Kier molecular flexibility index (Phi) is 29.0. The number of aliphatic carboxylic acids is 3. The third-order valence-electron chi connectivity index (χ3n) is 14.3. The van der Waals surface area contributed by atoms with Gasteiger partial charge in [0.2, 0.25) is 30.1 Å². The van der Waals surface area contributed by atoms with Gasteiger partial charge in [-0.25, -0.2) is 29.3 Å². The first-order valence-electron chi connectivity index (χ1n) is 29.0. The first-order chi connectivity index (χ1) is 43.9. The lowest BCUT2D eigenvalue weighted by Gasteiger charge is -2.35. The van der Waals surface area contributed by atoms with Crippen LogP contribution in [0.4, 0.5) is 11.6 Å². The van der Waals surface area contributed by atoms with E-state index in [4.69, 9.17) is 14.2 Å². The van der Waals surface area contributed by atoms with Gasteiger partial charge >= 0.3 is 35.8 Å². The number of aromatic nitrogens is 7. The van der Waals surface area contributed by atoms with Crippen LogP contribution in [-0.4, -0.2) is 285 Å². The van der Waals surface area contributed by atoms with Crippen LogP contribution in [0.2, 0.25) is 0 Å². The summed E-state index contributed by atoms with van der Waals surface area (Å²) in [5.41, 5.74) is 0.181. The average molecular weight is 1290 g/mol. The fraction of sp³-hybridized carbons (Fsp3) is 0.536. The van der Waals surface area contributed by atoms with Crippen molar-refractivity contribution in [2.24, 2.45) is 4.99 Å². The van der Waals surface area contributed by atoms with Crippen molar-refractivity contribution in [1.29, 1.82) is 0 Å². The van der Waals surface area contributed by atoms with E-state index in [-0.39, 0.29) is 132 Å². The molecule has 3 aromatic heterocycles. The molecule has 0 spiro atoms. The lowest BCUT2D eigenvalue weighted by Crippen LogP contribution is -2.52. The van der Waals surface area contributed by atoms with Crippen molar-refractivity contribution in [2.75, 3.05) is 119 Å². The number of carbonyl (C=O) groups excluding carboxylic acids is 8. The number of hydrogen-bond donors (Lipinski definition) is 8. The van der Waals surface area contributed by atoms with Crippen molar-refractivity contribution in [1.82, 2.24) is 80.7 Å². The topological polar surface area (TPSA) is 458 Å². The molecule has 0 aliphatic carbocycles. The van der Waals surface area contributed by atoms with Gasteiger partial charge in [0.1, 0.15) is 18.1 Å². The Morgan fingerprint density at radius 3 is 1.86 bits per heavy atom. The number of aromatic amines is 1. The first kappa shape index (κ1) is 72.8. The van der Waals surface area contributed by atoms with Gasteiger partial charge in [-0.1, -0.05) is 5.21 Å². The standard InChI is InChI=1S/C56H78N18O18/c1-35(72-23-21-70(31-46(80)81)19-17-69(30-45(78)79)18-20-71(22-24-72)32-47(82)83)50(84)57-15-7-8-16-74-29-37(66-67-74)25-41(54(88)91-5)62-43(76)14-13-40(53(87)90-4)61-44(77)26-42(55(89)92-6)63-51(85)36-9-11-39(12-10-36)73(34-75)28-38-27-58-49-48(60-38)52(86)65-56(64-49)59-33-68(2)3/h9-12,27,29,33-35,40-42H,7-8,13-26,28,30-32H2,1-6H3,(H,57,84)(H,61,77)(H,62,76)(H,63,85)(H,78,79)(H,80,81)(H,82,83)(H,58,64,65,86)/b59-33+. The number of benzene rings is 1. The van der Waals surface area contributed by atoms with Gasteiger partial charge < -0.3 is 60.6 Å². The minimum atomic E-state index is -1.58. The number of nitrogens with zero attached hydrogens (tertiary/aromatic N) is 13. The zero-order valence-corrected chi connectivity index (χ0v) is 51.8. The van der Waals surface area contributed by atoms with E-state index in [1.807, 2.05) is 4.90 Å². The maximum atomic E-state index is 13.5. The number of amides is 5. The largest absolute Gasteiger partial charge is 0.480 e. The Hall–Kier alpha value is -9.94. The molecule has 8 N–H and O–H groups in total. The van der Waals surface area contributed by atoms with Gasteiger partial charge in [0.25, 0.3) is 11.5 Å². The third kappa shape index (κ3) is 24.1. The summed E-state index contributed by atoms with van der Waals surface area (Å²) in [4.78, 5) is 181. The highest BCUT2D eigenvalue weighted by molar-refractivity contribution is 5.99. The fourth-order valence-corrected chi connectivity index (χ4v) is 9.37. The van der Waals surface area contributed by atoms with E-state index < -0.39 is 96.1 Å². The van der Waals surface area contributed by atoms with Crippen LogP contribution < -0.4 is 31.7 Å². The Labute approximate surface area is 527 Å². The molecule has 36 nitrogen and oxygen atoms in total. The summed E-state index contributed by atoms with van der Waals surface area (Å²) < 4.78 is 16.1. The number of carbonyl (C=O) groups is 11. The lowest BCUT2D eigenvalue weighted by atomic mass is 10.1. The highest BCUT2D eigenvalue weighted by atomic mass is 16.5. The molecule has 92 heavy (non-hydrogen) atoms. The number of aliphatic imine (C=N–C) groups is 1. The number of unbranched alkanes of at least 4 members (excludes halogenated alkanes) is 1. The normalized spacial score (nSPS) is 15.1. The third-order valence-corrected chi connectivity index (χ3v) is 14.3. The van der Waals surface area contributed by atoms with Crippen LogP contribution in [0.15, 0.2) is 46.4 Å². The Bertz CT molecular complexity index is 3280. The van der Waals surface area contributed by atoms with Crippen molar-refractivity contribution in [3.05, 3.63) is 64.0 Å². The molecule has 4 atom stereocenters. The molecule has 1 saturated heterocycles. The van der Waals surface area contributed by atoms with Gasteiger partial charge in [-0.15, -0.1) is 5.10 Å². The molecule has 4 aromatic rings. The minimum absolute atomic E-state index is 0.00352. The number of ether oxygens (including phenoxy) is 3. The Morgan fingerprint density at radius 2 is 1.29 bits per heavy atom. The average Bonchev–Trinajstić information content (AvgIpc) is 0.952. The molecule has 4 unspecified atom stereocenters. The number of hydrogen-bond acceptors (Lipinski definition) is 25. The predicted molar refractivity (Wildman–Crippen MR) is 323 cm³/mol. The van der Waals surface area contributed by atoms with E-state index in [1.165, 1.54) is 46.4 Å². The smallest absolute Gasteiger partial charge is 0.328 e.